The molecule has 0 aliphatic heterocycles. The summed E-state index contributed by atoms with van der Waals surface area (Å²) in [6.45, 7) is 1.65. The highest BCUT2D eigenvalue weighted by Gasteiger charge is 2.17. The lowest BCUT2D eigenvalue weighted by Gasteiger charge is -2.14. The Hall–Kier alpha value is -2.35. The lowest BCUT2D eigenvalue weighted by molar-refractivity contribution is -0.121. The van der Waals surface area contributed by atoms with Crippen LogP contribution in [0, 0.1) is 6.92 Å². The predicted molar refractivity (Wildman–Crippen MR) is 104 cm³/mol. The summed E-state index contributed by atoms with van der Waals surface area (Å²) >= 11 is 16.8. The number of thiocarbonyl (C=S) groups is 1. The number of carbonyl (C=O) groups is 2. The number of benzene rings is 2. The van der Waals surface area contributed by atoms with Crippen LogP contribution >= 0.6 is 35.4 Å². The Bertz CT molecular complexity index is 874. The Morgan fingerprint density at radius 3 is 2.62 bits per heavy atom. The molecule has 6 nitrogen and oxygen atoms in total. The van der Waals surface area contributed by atoms with E-state index in [0.29, 0.717) is 5.75 Å². The highest BCUT2D eigenvalue weighted by atomic mass is 35.5. The van der Waals surface area contributed by atoms with Crippen molar-refractivity contribution < 1.29 is 19.4 Å². The molecule has 0 aromatic heterocycles. The van der Waals surface area contributed by atoms with Gasteiger partial charge in [0.2, 0.25) is 0 Å². The fourth-order valence-corrected chi connectivity index (χ4v) is 2.79. The first kappa shape index (κ1) is 20.0. The first-order chi connectivity index (χ1) is 12.3. The van der Waals surface area contributed by atoms with E-state index in [1.54, 1.807) is 12.1 Å². The molecule has 0 bridgehead atoms. The van der Waals surface area contributed by atoms with E-state index in [2.05, 4.69) is 10.6 Å². The number of rotatable bonds is 5. The van der Waals surface area contributed by atoms with Gasteiger partial charge in [-0.15, -0.1) is 0 Å². The second-order valence-electron chi connectivity index (χ2n) is 5.22. The maximum absolute atomic E-state index is 11.9. The zero-order valence-electron chi connectivity index (χ0n) is 13.5. The van der Waals surface area contributed by atoms with E-state index in [1.807, 2.05) is 19.1 Å². The Morgan fingerprint density at radius 1 is 1.23 bits per heavy atom. The molecule has 0 atom stereocenters. The summed E-state index contributed by atoms with van der Waals surface area (Å²) in [5.74, 6) is -1.20. The summed E-state index contributed by atoms with van der Waals surface area (Å²) in [6.07, 6.45) is 0. The van der Waals surface area contributed by atoms with Crippen molar-refractivity contribution in [1.82, 2.24) is 5.32 Å². The van der Waals surface area contributed by atoms with E-state index in [0.717, 1.165) is 5.56 Å². The molecule has 0 saturated heterocycles. The van der Waals surface area contributed by atoms with Crippen molar-refractivity contribution in [3.8, 4) is 5.75 Å². The highest BCUT2D eigenvalue weighted by Crippen LogP contribution is 2.30. The molecule has 0 aliphatic rings. The van der Waals surface area contributed by atoms with Gasteiger partial charge in [-0.05, 0) is 49.0 Å². The molecule has 0 fully saturated rings. The fourth-order valence-electron chi connectivity index (χ4n) is 2.03. The zero-order valence-corrected chi connectivity index (χ0v) is 15.8. The van der Waals surface area contributed by atoms with Crippen LogP contribution < -0.4 is 15.4 Å². The fraction of sp³-hybridized carbons (Fsp3) is 0.118. The van der Waals surface area contributed by atoms with E-state index in [-0.39, 0.29) is 33.0 Å². The van der Waals surface area contributed by atoms with E-state index in [9.17, 15) is 14.7 Å². The maximum Gasteiger partial charge on any atom is 0.337 e. The number of ether oxygens (including phenoxy) is 1. The van der Waals surface area contributed by atoms with E-state index in [4.69, 9.17) is 40.2 Å². The lowest BCUT2D eigenvalue weighted by atomic mass is 10.2. The van der Waals surface area contributed by atoms with Gasteiger partial charge in [0.05, 0.1) is 16.3 Å². The highest BCUT2D eigenvalue weighted by molar-refractivity contribution is 7.80. The average Bonchev–Trinajstić information content (AvgIpc) is 2.55. The number of anilines is 1. The molecule has 0 heterocycles. The van der Waals surface area contributed by atoms with Crippen LogP contribution in [0.1, 0.15) is 15.9 Å². The number of aromatic carboxylic acids is 1. The minimum Gasteiger partial charge on any atom is -0.484 e. The van der Waals surface area contributed by atoms with E-state index >= 15 is 0 Å². The number of nitrogens with one attached hydrogen (secondary N) is 2. The van der Waals surface area contributed by atoms with Crippen LogP contribution in [-0.2, 0) is 4.79 Å². The molecule has 2 aromatic rings. The zero-order chi connectivity index (χ0) is 19.3. The first-order valence-corrected chi connectivity index (χ1v) is 8.45. The Morgan fingerprint density at radius 2 is 1.96 bits per heavy atom. The summed E-state index contributed by atoms with van der Waals surface area (Å²) in [5.41, 5.74) is 0.863. The van der Waals surface area contributed by atoms with Crippen molar-refractivity contribution >= 4 is 58.1 Å². The van der Waals surface area contributed by atoms with Crippen LogP contribution in [0.15, 0.2) is 36.4 Å². The van der Waals surface area contributed by atoms with Gasteiger partial charge in [0.15, 0.2) is 11.7 Å². The number of halogens is 2. The van der Waals surface area contributed by atoms with Gasteiger partial charge < -0.3 is 15.2 Å². The normalized spacial score (nSPS) is 10.1. The van der Waals surface area contributed by atoms with Crippen LogP contribution in [0.4, 0.5) is 5.69 Å². The van der Waals surface area contributed by atoms with Crippen molar-refractivity contribution in [2.45, 2.75) is 6.92 Å². The van der Waals surface area contributed by atoms with Crippen molar-refractivity contribution in [3.05, 3.63) is 57.6 Å². The molecular formula is C17H14Cl2N2O4S. The predicted octanol–water partition coefficient (Wildman–Crippen LogP) is 3.89. The number of hydrogen-bond donors (Lipinski definition) is 3. The Kier molecular flexibility index (Phi) is 6.79. The maximum atomic E-state index is 11.9. The molecule has 9 heteroatoms. The summed E-state index contributed by atoms with van der Waals surface area (Å²) < 4.78 is 5.36. The number of aryl methyl sites for hydroxylation is 1. The standard InChI is InChI=1S/C17H14Cl2N2O4S/c1-9-3-2-4-11(5-9)25-8-14(22)20-17(26)21-15-12(16(23)24)6-10(18)7-13(15)19/h2-7H,8H2,1H3,(H,23,24)(H2,20,21,22,26). The number of carbonyl (C=O) groups excluding carboxylic acids is 1. The van der Waals surface area contributed by atoms with Crippen molar-refractivity contribution in [2.24, 2.45) is 0 Å². The molecule has 0 unspecified atom stereocenters. The van der Waals surface area contributed by atoms with E-state index < -0.39 is 11.9 Å². The van der Waals surface area contributed by atoms with Crippen LogP contribution in [0.5, 0.6) is 5.75 Å². The van der Waals surface area contributed by atoms with Crippen LogP contribution in [0.25, 0.3) is 0 Å². The van der Waals surface area contributed by atoms with Gasteiger partial charge in [-0.3, -0.25) is 10.1 Å². The molecule has 0 saturated carbocycles. The van der Waals surface area contributed by atoms with Gasteiger partial charge in [-0.25, -0.2) is 4.79 Å². The van der Waals surface area contributed by atoms with Gasteiger partial charge in [0.1, 0.15) is 5.75 Å². The van der Waals surface area contributed by atoms with Crippen molar-refractivity contribution in [3.63, 3.8) is 0 Å². The largest absolute Gasteiger partial charge is 0.484 e. The van der Waals surface area contributed by atoms with Crippen molar-refractivity contribution in [1.29, 1.82) is 0 Å². The number of carboxylic acid groups (broad SMARTS) is 1. The third kappa shape index (κ3) is 5.59. The lowest BCUT2D eigenvalue weighted by Crippen LogP contribution is -2.37. The smallest absolute Gasteiger partial charge is 0.337 e. The Labute approximate surface area is 165 Å². The molecule has 136 valence electrons. The van der Waals surface area contributed by atoms with Gasteiger partial charge in [-0.1, -0.05) is 35.3 Å². The third-order valence-corrected chi connectivity index (χ3v) is 3.86. The molecule has 2 aromatic carbocycles. The molecule has 1 amide bonds. The van der Waals surface area contributed by atoms with Gasteiger partial charge in [0.25, 0.3) is 5.91 Å². The molecule has 0 aliphatic carbocycles. The molecule has 26 heavy (non-hydrogen) atoms. The summed E-state index contributed by atoms with van der Waals surface area (Å²) in [4.78, 5) is 23.2. The second kappa shape index (κ2) is 8.84. The molecule has 0 spiro atoms. The van der Waals surface area contributed by atoms with Gasteiger partial charge in [0, 0.05) is 5.02 Å². The quantitative estimate of drug-likeness (QED) is 0.645. The minimum atomic E-state index is -1.24. The SMILES string of the molecule is Cc1cccc(OCC(=O)NC(=S)Nc2c(Cl)cc(Cl)cc2C(=O)O)c1. The third-order valence-electron chi connectivity index (χ3n) is 3.14. The van der Waals surface area contributed by atoms with Crippen molar-refractivity contribution in [2.75, 3.05) is 11.9 Å². The molecular weight excluding hydrogens is 399 g/mol. The average molecular weight is 413 g/mol. The molecule has 3 N–H and O–H groups in total. The summed E-state index contributed by atoms with van der Waals surface area (Å²) in [5, 5.41) is 14.3. The monoisotopic (exact) mass is 412 g/mol. The molecule has 2 rings (SSSR count). The number of hydrogen-bond acceptors (Lipinski definition) is 4. The van der Waals surface area contributed by atoms with Crippen LogP contribution in [0.2, 0.25) is 10.0 Å². The van der Waals surface area contributed by atoms with E-state index in [1.165, 1.54) is 12.1 Å². The Balaban J connectivity index is 1.98. The second-order valence-corrected chi connectivity index (χ2v) is 6.47. The van der Waals surface area contributed by atoms with Crippen LogP contribution in [-0.4, -0.2) is 28.7 Å². The van der Waals surface area contributed by atoms with Crippen LogP contribution in [0.3, 0.4) is 0 Å². The number of carboxylic acids is 1. The topological polar surface area (TPSA) is 87.7 Å². The molecule has 0 radical (unpaired) electrons. The summed E-state index contributed by atoms with van der Waals surface area (Å²) in [7, 11) is 0. The van der Waals surface area contributed by atoms with Gasteiger partial charge in [-0.2, -0.15) is 0 Å². The summed E-state index contributed by atoms with van der Waals surface area (Å²) in [6, 6.07) is 9.82. The first-order valence-electron chi connectivity index (χ1n) is 7.29. The minimum absolute atomic E-state index is 0.0356. The van der Waals surface area contributed by atoms with Gasteiger partial charge >= 0.3 is 5.97 Å². The number of amides is 1.